The van der Waals surface area contributed by atoms with Gasteiger partial charge in [-0.15, -0.1) is 0 Å². The van der Waals surface area contributed by atoms with Gasteiger partial charge < -0.3 is 5.32 Å². The fourth-order valence-corrected chi connectivity index (χ4v) is 3.68. The molecule has 3 rings (SSSR count). The minimum Gasteiger partial charge on any atom is -0.377 e. The molecule has 0 aromatic heterocycles. The maximum atomic E-state index is 13.9. The van der Waals surface area contributed by atoms with E-state index in [-0.39, 0.29) is 11.9 Å². The van der Waals surface area contributed by atoms with Crippen LogP contribution < -0.4 is 5.32 Å². The number of fused-ring (bicyclic) bond motifs is 1. The monoisotopic (exact) mass is 298 g/mol. The molecule has 1 heterocycles. The molecule has 0 fully saturated rings. The summed E-state index contributed by atoms with van der Waals surface area (Å²) in [7, 11) is 0. The predicted molar refractivity (Wildman–Crippen MR) is 84.8 cm³/mol. The van der Waals surface area contributed by atoms with E-state index in [2.05, 4.69) is 17.4 Å². The van der Waals surface area contributed by atoms with Crippen molar-refractivity contribution in [2.24, 2.45) is 0 Å². The highest BCUT2D eigenvalue weighted by Crippen LogP contribution is 2.35. The summed E-state index contributed by atoms with van der Waals surface area (Å²) in [6, 6.07) is 13.5. The van der Waals surface area contributed by atoms with Gasteiger partial charge in [0.05, 0.1) is 17.7 Å². The molecule has 0 radical (unpaired) electrons. The molecule has 0 saturated carbocycles. The third-order valence-electron chi connectivity index (χ3n) is 3.78. The number of anilines is 1. The zero-order chi connectivity index (χ0) is 14.8. The van der Waals surface area contributed by atoms with Crippen molar-refractivity contribution in [3.05, 3.63) is 64.5 Å². The number of nitrogens with zero attached hydrogens (tertiary/aromatic N) is 1. The first-order valence-corrected chi connectivity index (χ1v) is 7.97. The lowest BCUT2D eigenvalue weighted by Gasteiger charge is -2.27. The highest BCUT2D eigenvalue weighted by atomic mass is 32.2. The number of nitriles is 1. The summed E-state index contributed by atoms with van der Waals surface area (Å²) in [5, 5.41) is 12.4. The summed E-state index contributed by atoms with van der Waals surface area (Å²) in [5.74, 6) is 1.61. The Balaban J connectivity index is 1.95. The van der Waals surface area contributed by atoms with E-state index in [1.807, 2.05) is 30.0 Å². The first-order chi connectivity index (χ1) is 10.2. The van der Waals surface area contributed by atoms with Gasteiger partial charge >= 0.3 is 0 Å². The first-order valence-electron chi connectivity index (χ1n) is 6.81. The van der Waals surface area contributed by atoms with Crippen LogP contribution >= 0.6 is 11.8 Å². The van der Waals surface area contributed by atoms with Crippen LogP contribution in [0.3, 0.4) is 0 Å². The van der Waals surface area contributed by atoms with Crippen LogP contribution in [0.4, 0.5) is 10.1 Å². The quantitative estimate of drug-likeness (QED) is 0.892. The number of rotatable bonds is 2. The minimum atomic E-state index is -0.340. The second-order valence-corrected chi connectivity index (χ2v) is 6.18. The molecule has 0 saturated heterocycles. The highest BCUT2D eigenvalue weighted by Gasteiger charge is 2.21. The Hall–Kier alpha value is -1.99. The summed E-state index contributed by atoms with van der Waals surface area (Å²) >= 11 is 1.86. The fourth-order valence-electron chi connectivity index (χ4n) is 2.58. The molecule has 0 amide bonds. The van der Waals surface area contributed by atoms with Crippen LogP contribution in [0.2, 0.25) is 0 Å². The maximum absolute atomic E-state index is 13.9. The van der Waals surface area contributed by atoms with Crippen molar-refractivity contribution in [1.82, 2.24) is 0 Å². The number of thioether (sulfide) groups is 1. The van der Waals surface area contributed by atoms with E-state index < -0.39 is 0 Å². The normalized spacial score (nSPS) is 16.9. The van der Waals surface area contributed by atoms with Crippen LogP contribution in [0.15, 0.2) is 36.4 Å². The Kier molecular flexibility index (Phi) is 3.85. The molecule has 2 nitrogen and oxygen atoms in total. The Labute approximate surface area is 128 Å². The smallest absolute Gasteiger partial charge is 0.129 e. The summed E-state index contributed by atoms with van der Waals surface area (Å²) in [6.07, 6.45) is 0. The number of halogens is 1. The molecule has 106 valence electrons. The molecule has 1 aliphatic heterocycles. The van der Waals surface area contributed by atoms with E-state index in [4.69, 9.17) is 5.26 Å². The van der Waals surface area contributed by atoms with Gasteiger partial charge in [-0.05, 0) is 30.2 Å². The SMILES string of the molecule is Cc1c(F)cc(C#N)cc1NC1CSCc2ccccc21. The highest BCUT2D eigenvalue weighted by molar-refractivity contribution is 7.98. The number of hydrogen-bond acceptors (Lipinski definition) is 3. The average molecular weight is 298 g/mol. The molecule has 0 bridgehead atoms. The standard InChI is InChI=1S/C17H15FN2S/c1-11-15(18)6-12(8-19)7-16(11)20-17-10-21-9-13-4-2-3-5-14(13)17/h2-7,17,20H,9-10H2,1H3. The molecule has 21 heavy (non-hydrogen) atoms. The van der Waals surface area contributed by atoms with E-state index in [1.165, 1.54) is 17.2 Å². The number of benzene rings is 2. The molecule has 4 heteroatoms. The van der Waals surface area contributed by atoms with E-state index in [0.29, 0.717) is 16.8 Å². The third kappa shape index (κ3) is 2.74. The van der Waals surface area contributed by atoms with Crippen LogP contribution in [-0.2, 0) is 5.75 Å². The van der Waals surface area contributed by atoms with E-state index in [0.717, 1.165) is 11.5 Å². The largest absolute Gasteiger partial charge is 0.377 e. The van der Waals surface area contributed by atoms with Gasteiger partial charge in [0.25, 0.3) is 0 Å². The Morgan fingerprint density at radius 3 is 2.95 bits per heavy atom. The predicted octanol–water partition coefficient (Wildman–Crippen LogP) is 4.41. The van der Waals surface area contributed by atoms with Crippen molar-refractivity contribution in [2.45, 2.75) is 18.7 Å². The Morgan fingerprint density at radius 2 is 2.14 bits per heavy atom. The van der Waals surface area contributed by atoms with Crippen LogP contribution in [0.1, 0.15) is 28.3 Å². The van der Waals surface area contributed by atoms with Gasteiger partial charge in [-0.25, -0.2) is 4.39 Å². The molecule has 2 aromatic carbocycles. The summed E-state index contributed by atoms with van der Waals surface area (Å²) < 4.78 is 13.9. The van der Waals surface area contributed by atoms with E-state index >= 15 is 0 Å². The van der Waals surface area contributed by atoms with Gasteiger partial charge in [0.1, 0.15) is 5.82 Å². The third-order valence-corrected chi connectivity index (χ3v) is 4.86. The van der Waals surface area contributed by atoms with Crippen molar-refractivity contribution in [3.8, 4) is 6.07 Å². The molecule has 0 spiro atoms. The molecule has 0 aliphatic carbocycles. The van der Waals surface area contributed by atoms with Crippen molar-refractivity contribution in [2.75, 3.05) is 11.1 Å². The molecule has 1 aliphatic rings. The zero-order valence-corrected chi connectivity index (χ0v) is 12.5. The fraction of sp³-hybridized carbons (Fsp3) is 0.235. The lowest BCUT2D eigenvalue weighted by Crippen LogP contribution is -2.19. The Bertz CT molecular complexity index is 721. The van der Waals surface area contributed by atoms with Gasteiger partial charge in [-0.1, -0.05) is 24.3 Å². The van der Waals surface area contributed by atoms with Gasteiger partial charge in [0.2, 0.25) is 0 Å². The van der Waals surface area contributed by atoms with Crippen molar-refractivity contribution in [3.63, 3.8) is 0 Å². The van der Waals surface area contributed by atoms with Crippen molar-refractivity contribution in [1.29, 1.82) is 5.26 Å². The average Bonchev–Trinajstić information content (AvgIpc) is 2.52. The van der Waals surface area contributed by atoms with Gasteiger partial charge in [-0.2, -0.15) is 17.0 Å². The van der Waals surface area contributed by atoms with Crippen LogP contribution in [0.5, 0.6) is 0 Å². The molecular weight excluding hydrogens is 283 g/mol. The summed E-state index contributed by atoms with van der Waals surface area (Å²) in [4.78, 5) is 0. The van der Waals surface area contributed by atoms with Crippen molar-refractivity contribution < 1.29 is 4.39 Å². The van der Waals surface area contributed by atoms with Crippen LogP contribution in [0, 0.1) is 24.1 Å². The second kappa shape index (κ2) is 5.79. The first kappa shape index (κ1) is 14.0. The van der Waals surface area contributed by atoms with E-state index in [9.17, 15) is 4.39 Å². The molecule has 1 N–H and O–H groups in total. The molecule has 1 unspecified atom stereocenters. The van der Waals surface area contributed by atoms with Gasteiger partial charge in [-0.3, -0.25) is 0 Å². The molecule has 2 aromatic rings. The lowest BCUT2D eigenvalue weighted by atomic mass is 10.0. The summed E-state index contributed by atoms with van der Waals surface area (Å²) in [5.41, 5.74) is 4.19. The molecule has 1 atom stereocenters. The maximum Gasteiger partial charge on any atom is 0.129 e. The van der Waals surface area contributed by atoms with E-state index in [1.54, 1.807) is 13.0 Å². The lowest BCUT2D eigenvalue weighted by molar-refractivity contribution is 0.618. The zero-order valence-electron chi connectivity index (χ0n) is 11.7. The molecular formula is C17H15FN2S. The van der Waals surface area contributed by atoms with Crippen LogP contribution in [0.25, 0.3) is 0 Å². The number of nitrogens with one attached hydrogen (secondary N) is 1. The van der Waals surface area contributed by atoms with Gasteiger partial charge in [0.15, 0.2) is 0 Å². The minimum absolute atomic E-state index is 0.145. The van der Waals surface area contributed by atoms with Gasteiger partial charge in [0, 0.05) is 22.8 Å². The van der Waals surface area contributed by atoms with Crippen molar-refractivity contribution >= 4 is 17.4 Å². The summed E-state index contributed by atoms with van der Waals surface area (Å²) in [6.45, 7) is 1.74. The van der Waals surface area contributed by atoms with Crippen LogP contribution in [-0.4, -0.2) is 5.75 Å². The second-order valence-electron chi connectivity index (χ2n) is 5.15. The number of hydrogen-bond donors (Lipinski definition) is 1. The topological polar surface area (TPSA) is 35.8 Å². The Morgan fingerprint density at radius 1 is 1.33 bits per heavy atom.